The van der Waals surface area contributed by atoms with Crippen molar-refractivity contribution in [2.45, 2.75) is 19.1 Å². The number of thioether (sulfide) groups is 1. The number of benzene rings is 1. The molecule has 4 nitrogen and oxygen atoms in total. The predicted molar refractivity (Wildman–Crippen MR) is 82.3 cm³/mol. The fourth-order valence-corrected chi connectivity index (χ4v) is 2.81. The molecule has 1 aromatic rings. The average Bonchev–Trinajstić information content (AvgIpc) is 2.44. The van der Waals surface area contributed by atoms with E-state index in [-0.39, 0.29) is 16.8 Å². The van der Waals surface area contributed by atoms with Crippen molar-refractivity contribution in [1.29, 1.82) is 0 Å². The van der Waals surface area contributed by atoms with Gasteiger partial charge in [-0.2, -0.15) is 0 Å². The van der Waals surface area contributed by atoms with E-state index in [0.29, 0.717) is 17.0 Å². The summed E-state index contributed by atoms with van der Waals surface area (Å²) >= 11 is 1.44. The minimum absolute atomic E-state index is 0.0660. The van der Waals surface area contributed by atoms with Gasteiger partial charge in [0.2, 0.25) is 0 Å². The van der Waals surface area contributed by atoms with E-state index >= 15 is 0 Å². The van der Waals surface area contributed by atoms with E-state index in [9.17, 15) is 9.90 Å². The smallest absolute Gasteiger partial charge is 0.177 e. The van der Waals surface area contributed by atoms with Crippen LogP contribution in [0.25, 0.3) is 0 Å². The van der Waals surface area contributed by atoms with E-state index in [0.717, 1.165) is 11.4 Å². The van der Waals surface area contributed by atoms with Gasteiger partial charge in [0.05, 0.1) is 35.1 Å². The molecule has 0 radical (unpaired) electrons. The topological polar surface area (TPSA) is 58.9 Å². The van der Waals surface area contributed by atoms with Crippen LogP contribution < -0.4 is 4.74 Å². The number of rotatable bonds is 3. The number of methoxy groups -OCH3 is 1. The van der Waals surface area contributed by atoms with Gasteiger partial charge < -0.3 is 9.84 Å². The van der Waals surface area contributed by atoms with Crippen LogP contribution in [0, 0.1) is 0 Å². The number of aliphatic imine (C=N–C) groups is 1. The summed E-state index contributed by atoms with van der Waals surface area (Å²) in [5.74, 6) is 1.19. The number of hydrogen-bond acceptors (Lipinski definition) is 5. The van der Waals surface area contributed by atoms with Crippen molar-refractivity contribution in [2.75, 3.05) is 12.9 Å². The summed E-state index contributed by atoms with van der Waals surface area (Å²) in [6, 6.07) is 7.24. The van der Waals surface area contributed by atoms with Gasteiger partial charge in [0.15, 0.2) is 5.78 Å². The van der Waals surface area contributed by atoms with Crippen LogP contribution in [-0.4, -0.2) is 34.7 Å². The van der Waals surface area contributed by atoms with Gasteiger partial charge in [-0.15, -0.1) is 11.8 Å². The Bertz CT molecular complexity index is 575. The zero-order valence-corrected chi connectivity index (χ0v) is 12.5. The van der Waals surface area contributed by atoms with E-state index in [1.54, 1.807) is 14.0 Å². The highest BCUT2D eigenvalue weighted by atomic mass is 32.2. The summed E-state index contributed by atoms with van der Waals surface area (Å²) in [6.45, 7) is 3.63. The summed E-state index contributed by atoms with van der Waals surface area (Å²) in [5, 5.41) is 10.0. The number of ketones is 1. The molecule has 0 bridgehead atoms. The summed E-state index contributed by atoms with van der Waals surface area (Å²) in [6.07, 6.45) is 0. The highest BCUT2D eigenvalue weighted by Gasteiger charge is 2.27. The van der Waals surface area contributed by atoms with Gasteiger partial charge in [-0.25, -0.2) is 0 Å². The highest BCUT2D eigenvalue weighted by Crippen LogP contribution is 2.28. The normalized spacial score (nSPS) is 20.2. The van der Waals surface area contributed by atoms with Crippen molar-refractivity contribution >= 4 is 28.9 Å². The lowest BCUT2D eigenvalue weighted by Crippen LogP contribution is -2.24. The molecule has 1 aliphatic heterocycles. The van der Waals surface area contributed by atoms with E-state index in [4.69, 9.17) is 4.74 Å². The van der Waals surface area contributed by atoms with Crippen molar-refractivity contribution in [1.82, 2.24) is 0 Å². The molecular weight excluding hydrogens is 274 g/mol. The lowest BCUT2D eigenvalue weighted by molar-refractivity contribution is -0.113. The van der Waals surface area contributed by atoms with E-state index in [1.165, 1.54) is 11.8 Å². The first-order chi connectivity index (χ1) is 9.52. The molecule has 5 heteroatoms. The van der Waals surface area contributed by atoms with Gasteiger partial charge in [0.25, 0.3) is 0 Å². The molecule has 0 fully saturated rings. The molecule has 1 heterocycles. The maximum Gasteiger partial charge on any atom is 0.177 e. The molecule has 0 spiro atoms. The number of hydrogen-bond donors (Lipinski definition) is 1. The Kier molecular flexibility index (Phi) is 4.49. The molecule has 0 aliphatic carbocycles. The van der Waals surface area contributed by atoms with Crippen LogP contribution in [0.4, 0.5) is 5.69 Å². The molecule has 2 rings (SSSR count). The largest absolute Gasteiger partial charge is 0.510 e. The molecule has 0 aromatic heterocycles. The Morgan fingerprint density at radius 2 is 2.05 bits per heavy atom. The zero-order chi connectivity index (χ0) is 14.7. The van der Waals surface area contributed by atoms with Crippen molar-refractivity contribution < 1.29 is 14.6 Å². The van der Waals surface area contributed by atoms with E-state index in [1.807, 2.05) is 31.2 Å². The van der Waals surface area contributed by atoms with Crippen molar-refractivity contribution in [3.05, 3.63) is 35.6 Å². The molecule has 0 saturated heterocycles. The predicted octanol–water partition coefficient (Wildman–Crippen LogP) is 3.30. The van der Waals surface area contributed by atoms with Gasteiger partial charge >= 0.3 is 0 Å². The molecule has 20 heavy (non-hydrogen) atoms. The minimum atomic E-state index is -0.0691. The van der Waals surface area contributed by atoms with Crippen LogP contribution in [0.5, 0.6) is 5.75 Å². The second kappa shape index (κ2) is 6.13. The SMILES string of the molecule is COc1ccc(N=C(C)C2=C(O)C(C)SCC2=O)cc1. The standard InChI is InChI=1S/C15H17NO3S/c1-9(14-13(17)8-20-10(2)15(14)18)16-11-4-6-12(19-3)7-5-11/h4-7,10,18H,8H2,1-3H3. The molecular formula is C15H17NO3S. The number of carbonyl (C=O) groups excluding carboxylic acids is 1. The Hall–Kier alpha value is -1.75. The number of carbonyl (C=O) groups is 1. The quantitative estimate of drug-likeness (QED) is 0.868. The Labute approximate surface area is 122 Å². The molecule has 106 valence electrons. The first kappa shape index (κ1) is 14.7. The van der Waals surface area contributed by atoms with Crippen LogP contribution >= 0.6 is 11.8 Å². The Balaban J connectivity index is 2.33. The van der Waals surface area contributed by atoms with Crippen LogP contribution in [0.15, 0.2) is 40.6 Å². The van der Waals surface area contributed by atoms with Crippen LogP contribution in [0.1, 0.15) is 13.8 Å². The third kappa shape index (κ3) is 3.04. The Morgan fingerprint density at radius 3 is 2.65 bits per heavy atom. The molecule has 1 atom stereocenters. The maximum absolute atomic E-state index is 11.9. The monoisotopic (exact) mass is 291 g/mol. The van der Waals surface area contributed by atoms with Crippen LogP contribution in [0.2, 0.25) is 0 Å². The second-order valence-corrected chi connectivity index (χ2v) is 5.86. The minimum Gasteiger partial charge on any atom is -0.510 e. The Morgan fingerprint density at radius 1 is 1.40 bits per heavy atom. The lowest BCUT2D eigenvalue weighted by atomic mass is 10.0. The van der Waals surface area contributed by atoms with E-state index in [2.05, 4.69) is 4.99 Å². The van der Waals surface area contributed by atoms with Crippen molar-refractivity contribution in [2.24, 2.45) is 4.99 Å². The highest BCUT2D eigenvalue weighted by molar-refractivity contribution is 8.00. The molecule has 1 unspecified atom stereocenters. The van der Waals surface area contributed by atoms with Gasteiger partial charge in [-0.1, -0.05) is 0 Å². The number of allylic oxidation sites excluding steroid dienone is 1. The summed E-state index contributed by atoms with van der Waals surface area (Å²) in [5.41, 5.74) is 1.62. The van der Waals surface area contributed by atoms with Gasteiger partial charge in [0, 0.05) is 0 Å². The fourth-order valence-electron chi connectivity index (χ4n) is 1.99. The molecule has 0 amide bonds. The maximum atomic E-state index is 11.9. The van der Waals surface area contributed by atoms with Gasteiger partial charge in [-0.05, 0) is 38.1 Å². The number of aliphatic hydroxyl groups is 1. The third-order valence-electron chi connectivity index (χ3n) is 3.12. The number of nitrogens with zero attached hydrogens (tertiary/aromatic N) is 1. The fraction of sp³-hybridized carbons (Fsp3) is 0.333. The van der Waals surface area contributed by atoms with Crippen molar-refractivity contribution in [3.8, 4) is 5.75 Å². The number of ether oxygens (including phenoxy) is 1. The zero-order valence-electron chi connectivity index (χ0n) is 11.7. The molecule has 1 N–H and O–H groups in total. The van der Waals surface area contributed by atoms with Crippen LogP contribution in [-0.2, 0) is 4.79 Å². The number of Topliss-reactive ketones (excluding diaryl/α,β-unsaturated/α-hetero) is 1. The first-order valence-corrected chi connectivity index (χ1v) is 7.35. The van der Waals surface area contributed by atoms with E-state index < -0.39 is 0 Å². The summed E-state index contributed by atoms with van der Waals surface area (Å²) in [4.78, 5) is 16.3. The third-order valence-corrected chi connectivity index (χ3v) is 4.27. The average molecular weight is 291 g/mol. The van der Waals surface area contributed by atoms with Gasteiger partial charge in [0.1, 0.15) is 11.5 Å². The van der Waals surface area contributed by atoms with Crippen molar-refractivity contribution in [3.63, 3.8) is 0 Å². The first-order valence-electron chi connectivity index (χ1n) is 6.30. The summed E-state index contributed by atoms with van der Waals surface area (Å²) in [7, 11) is 1.60. The number of aliphatic hydroxyl groups excluding tert-OH is 1. The molecule has 1 aromatic carbocycles. The molecule has 1 aliphatic rings. The van der Waals surface area contributed by atoms with Crippen LogP contribution in [0.3, 0.4) is 0 Å². The second-order valence-electron chi connectivity index (χ2n) is 4.53. The van der Waals surface area contributed by atoms with Gasteiger partial charge in [-0.3, -0.25) is 9.79 Å². The summed E-state index contributed by atoms with van der Waals surface area (Å²) < 4.78 is 5.08. The molecule has 0 saturated carbocycles. The lowest BCUT2D eigenvalue weighted by Gasteiger charge is -2.20.